The van der Waals surface area contributed by atoms with Crippen LogP contribution in [-0.4, -0.2) is 54.9 Å². The smallest absolute Gasteiger partial charge is 0.228 e. The minimum atomic E-state index is -0.168. The summed E-state index contributed by atoms with van der Waals surface area (Å²) < 4.78 is 5.27. The van der Waals surface area contributed by atoms with E-state index in [1.54, 1.807) is 19.1 Å². The van der Waals surface area contributed by atoms with Gasteiger partial charge in [0.05, 0.1) is 13.0 Å². The van der Waals surface area contributed by atoms with Gasteiger partial charge in [-0.05, 0) is 37.0 Å². The SMILES string of the molecule is COc1cccc(C[C@@H]2CCCN2C(=O)[C@@H]2CC(=O)N(C)C2)c1. The first-order valence-corrected chi connectivity index (χ1v) is 8.26. The molecule has 0 spiro atoms. The molecule has 5 nitrogen and oxygen atoms in total. The monoisotopic (exact) mass is 316 g/mol. The maximum Gasteiger partial charge on any atom is 0.228 e. The van der Waals surface area contributed by atoms with Gasteiger partial charge in [0.25, 0.3) is 0 Å². The molecule has 0 saturated carbocycles. The number of nitrogens with zero attached hydrogens (tertiary/aromatic N) is 2. The Hall–Kier alpha value is -2.04. The van der Waals surface area contributed by atoms with Gasteiger partial charge in [-0.1, -0.05) is 12.1 Å². The number of ether oxygens (including phenoxy) is 1. The predicted octanol–water partition coefficient (Wildman–Crippen LogP) is 1.71. The molecular weight excluding hydrogens is 292 g/mol. The number of methoxy groups -OCH3 is 1. The van der Waals surface area contributed by atoms with Gasteiger partial charge in [-0.15, -0.1) is 0 Å². The molecule has 2 amide bonds. The molecule has 23 heavy (non-hydrogen) atoms. The Morgan fingerprint density at radius 3 is 2.91 bits per heavy atom. The van der Waals surface area contributed by atoms with E-state index in [1.807, 2.05) is 23.1 Å². The quantitative estimate of drug-likeness (QED) is 0.849. The first kappa shape index (κ1) is 15.8. The second-order valence-electron chi connectivity index (χ2n) is 6.56. The third-order valence-electron chi connectivity index (χ3n) is 4.96. The van der Waals surface area contributed by atoms with Gasteiger partial charge in [-0.25, -0.2) is 0 Å². The number of rotatable bonds is 4. The Bertz CT molecular complexity index is 602. The largest absolute Gasteiger partial charge is 0.497 e. The lowest BCUT2D eigenvalue weighted by Gasteiger charge is -2.27. The van der Waals surface area contributed by atoms with Crippen molar-refractivity contribution in [1.29, 1.82) is 0 Å². The van der Waals surface area contributed by atoms with E-state index < -0.39 is 0 Å². The molecule has 0 N–H and O–H groups in total. The van der Waals surface area contributed by atoms with Gasteiger partial charge in [-0.3, -0.25) is 9.59 Å². The number of benzene rings is 1. The summed E-state index contributed by atoms with van der Waals surface area (Å²) in [5, 5.41) is 0. The molecule has 1 aromatic carbocycles. The summed E-state index contributed by atoms with van der Waals surface area (Å²) in [5.41, 5.74) is 1.19. The molecule has 5 heteroatoms. The zero-order valence-electron chi connectivity index (χ0n) is 13.8. The summed E-state index contributed by atoms with van der Waals surface area (Å²) in [6.07, 6.45) is 3.27. The number of carbonyl (C=O) groups is 2. The van der Waals surface area contributed by atoms with Crippen LogP contribution in [0.25, 0.3) is 0 Å². The first-order chi connectivity index (χ1) is 11.1. The third-order valence-corrected chi connectivity index (χ3v) is 4.96. The van der Waals surface area contributed by atoms with Crippen LogP contribution in [0.15, 0.2) is 24.3 Å². The summed E-state index contributed by atoms with van der Waals surface area (Å²) in [6.45, 7) is 1.36. The Balaban J connectivity index is 1.67. The number of carbonyl (C=O) groups excluding carboxylic acids is 2. The van der Waals surface area contributed by atoms with Crippen LogP contribution < -0.4 is 4.74 Å². The normalized spacial score (nSPS) is 24.3. The van der Waals surface area contributed by atoms with E-state index >= 15 is 0 Å². The molecule has 2 heterocycles. The molecule has 2 fully saturated rings. The van der Waals surface area contributed by atoms with Crippen LogP contribution in [0.3, 0.4) is 0 Å². The Morgan fingerprint density at radius 1 is 1.39 bits per heavy atom. The maximum atomic E-state index is 12.8. The molecule has 0 radical (unpaired) electrons. The number of amides is 2. The average Bonchev–Trinajstić information content (AvgIpc) is 3.14. The lowest BCUT2D eigenvalue weighted by atomic mass is 10.0. The third kappa shape index (κ3) is 3.33. The van der Waals surface area contributed by atoms with Gasteiger partial charge in [0.1, 0.15) is 5.75 Å². The molecule has 0 aliphatic carbocycles. The highest BCUT2D eigenvalue weighted by Crippen LogP contribution is 2.27. The van der Waals surface area contributed by atoms with Crippen molar-refractivity contribution in [2.24, 2.45) is 5.92 Å². The van der Waals surface area contributed by atoms with Crippen molar-refractivity contribution in [3.05, 3.63) is 29.8 Å². The van der Waals surface area contributed by atoms with E-state index in [2.05, 4.69) is 6.07 Å². The molecule has 1 aromatic rings. The molecule has 0 bridgehead atoms. The summed E-state index contributed by atoms with van der Waals surface area (Å²) >= 11 is 0. The predicted molar refractivity (Wildman–Crippen MR) is 87.2 cm³/mol. The minimum absolute atomic E-state index is 0.0758. The Labute approximate surface area is 137 Å². The van der Waals surface area contributed by atoms with E-state index in [4.69, 9.17) is 4.74 Å². The van der Waals surface area contributed by atoms with Gasteiger partial charge in [0.2, 0.25) is 11.8 Å². The topological polar surface area (TPSA) is 49.9 Å². The zero-order chi connectivity index (χ0) is 16.4. The van der Waals surface area contributed by atoms with Crippen molar-refractivity contribution < 1.29 is 14.3 Å². The second-order valence-corrected chi connectivity index (χ2v) is 6.56. The fourth-order valence-corrected chi connectivity index (χ4v) is 3.67. The highest BCUT2D eigenvalue weighted by molar-refractivity contribution is 5.89. The average molecular weight is 316 g/mol. The second kappa shape index (κ2) is 6.60. The van der Waals surface area contributed by atoms with E-state index in [9.17, 15) is 9.59 Å². The van der Waals surface area contributed by atoms with Gasteiger partial charge in [0, 0.05) is 32.6 Å². The van der Waals surface area contributed by atoms with Crippen molar-refractivity contribution in [3.63, 3.8) is 0 Å². The summed E-state index contributed by atoms with van der Waals surface area (Å²) in [5.74, 6) is 0.903. The van der Waals surface area contributed by atoms with Crippen LogP contribution in [0, 0.1) is 5.92 Å². The molecule has 0 unspecified atom stereocenters. The molecule has 2 aliphatic rings. The molecule has 2 atom stereocenters. The number of hydrogen-bond donors (Lipinski definition) is 0. The molecule has 0 aromatic heterocycles. The molecule has 2 saturated heterocycles. The van der Waals surface area contributed by atoms with Crippen LogP contribution in [0.5, 0.6) is 5.75 Å². The summed E-state index contributed by atoms with van der Waals surface area (Å²) in [7, 11) is 3.44. The number of hydrogen-bond acceptors (Lipinski definition) is 3. The van der Waals surface area contributed by atoms with Crippen molar-refractivity contribution in [2.45, 2.75) is 31.7 Å². The van der Waals surface area contributed by atoms with Crippen LogP contribution >= 0.6 is 0 Å². The molecular formula is C18H24N2O3. The van der Waals surface area contributed by atoms with E-state index in [1.165, 1.54) is 5.56 Å². The summed E-state index contributed by atoms with van der Waals surface area (Å²) in [6, 6.07) is 8.26. The van der Waals surface area contributed by atoms with E-state index in [-0.39, 0.29) is 23.8 Å². The maximum absolute atomic E-state index is 12.8. The van der Waals surface area contributed by atoms with Crippen LogP contribution in [0.2, 0.25) is 0 Å². The van der Waals surface area contributed by atoms with E-state index in [0.29, 0.717) is 13.0 Å². The van der Waals surface area contributed by atoms with Gasteiger partial charge >= 0.3 is 0 Å². The van der Waals surface area contributed by atoms with Crippen molar-refractivity contribution >= 4 is 11.8 Å². The Kier molecular flexibility index (Phi) is 4.55. The molecule has 3 rings (SSSR count). The van der Waals surface area contributed by atoms with Crippen LogP contribution in [-0.2, 0) is 16.0 Å². The lowest BCUT2D eigenvalue weighted by molar-refractivity contribution is -0.136. The summed E-state index contributed by atoms with van der Waals surface area (Å²) in [4.78, 5) is 28.1. The Morgan fingerprint density at radius 2 is 2.22 bits per heavy atom. The van der Waals surface area contributed by atoms with Crippen molar-refractivity contribution in [1.82, 2.24) is 9.80 Å². The fourth-order valence-electron chi connectivity index (χ4n) is 3.67. The molecule has 2 aliphatic heterocycles. The van der Waals surface area contributed by atoms with Gasteiger partial charge in [-0.2, -0.15) is 0 Å². The van der Waals surface area contributed by atoms with Crippen molar-refractivity contribution in [3.8, 4) is 5.75 Å². The van der Waals surface area contributed by atoms with Crippen LogP contribution in [0.1, 0.15) is 24.8 Å². The minimum Gasteiger partial charge on any atom is -0.497 e. The molecule has 124 valence electrons. The lowest BCUT2D eigenvalue weighted by Crippen LogP contribution is -2.41. The zero-order valence-corrected chi connectivity index (χ0v) is 13.8. The van der Waals surface area contributed by atoms with E-state index in [0.717, 1.165) is 31.6 Å². The fraction of sp³-hybridized carbons (Fsp3) is 0.556. The van der Waals surface area contributed by atoms with Gasteiger partial charge < -0.3 is 14.5 Å². The van der Waals surface area contributed by atoms with Crippen LogP contribution in [0.4, 0.5) is 0 Å². The van der Waals surface area contributed by atoms with Gasteiger partial charge in [0.15, 0.2) is 0 Å². The highest BCUT2D eigenvalue weighted by atomic mass is 16.5. The standard InChI is InChI=1S/C18H24N2O3/c1-19-12-14(11-17(19)21)18(22)20-8-4-6-15(20)9-13-5-3-7-16(10-13)23-2/h3,5,7,10,14-15H,4,6,8-9,11-12H2,1-2H3/t14-,15+/m1/s1. The number of likely N-dealkylation sites (tertiary alicyclic amines) is 2. The highest BCUT2D eigenvalue weighted by Gasteiger charge is 2.38. The van der Waals surface area contributed by atoms with Crippen molar-refractivity contribution in [2.75, 3.05) is 27.2 Å². The first-order valence-electron chi connectivity index (χ1n) is 8.26.